The van der Waals surface area contributed by atoms with Crippen molar-refractivity contribution < 1.29 is 19.2 Å². The Morgan fingerprint density at radius 2 is 1.97 bits per heavy atom. The summed E-state index contributed by atoms with van der Waals surface area (Å²) in [6.07, 6.45) is 1.43. The number of hydrogen-bond acceptors (Lipinski definition) is 6. The van der Waals surface area contributed by atoms with E-state index in [0.29, 0.717) is 29.5 Å². The average Bonchev–Trinajstić information content (AvgIpc) is 2.95. The number of piperidine rings is 2. The molecule has 4 rings (SSSR count). The van der Waals surface area contributed by atoms with E-state index in [9.17, 15) is 19.2 Å². The highest BCUT2D eigenvalue weighted by Crippen LogP contribution is 2.30. The van der Waals surface area contributed by atoms with Gasteiger partial charge in [0.1, 0.15) is 6.04 Å². The molecule has 8 nitrogen and oxygen atoms in total. The molecule has 154 valence electrons. The largest absolute Gasteiger partial charge is 0.316 e. The molecule has 0 radical (unpaired) electrons. The second-order valence-electron chi connectivity index (χ2n) is 8.15. The number of hydrogen-bond donors (Lipinski definition) is 3. The molecule has 3 aliphatic rings. The summed E-state index contributed by atoms with van der Waals surface area (Å²) in [6, 6.07) is 4.29. The lowest BCUT2D eigenvalue weighted by molar-refractivity contribution is -0.136. The Bertz CT molecular complexity index is 868. The number of nitrogens with zero attached hydrogens (tertiary/aromatic N) is 1. The predicted molar refractivity (Wildman–Crippen MR) is 105 cm³/mol. The summed E-state index contributed by atoms with van der Waals surface area (Å²) in [5, 5.41) is 9.06. The number of rotatable bonds is 5. The summed E-state index contributed by atoms with van der Waals surface area (Å²) in [5.74, 6) is -0.723. The third-order valence-corrected chi connectivity index (χ3v) is 6.26. The van der Waals surface area contributed by atoms with Gasteiger partial charge in [0.2, 0.25) is 11.8 Å². The van der Waals surface area contributed by atoms with E-state index in [-0.39, 0.29) is 18.7 Å². The number of carbonyl (C=O) groups excluding carboxylic acids is 4. The topological polar surface area (TPSA) is 108 Å². The fraction of sp³-hybridized carbons (Fsp3) is 0.524. The molecule has 0 spiro atoms. The first-order valence-corrected chi connectivity index (χ1v) is 10.2. The van der Waals surface area contributed by atoms with Crippen LogP contribution in [0.3, 0.4) is 0 Å². The lowest BCUT2D eigenvalue weighted by Crippen LogP contribution is -2.54. The Labute approximate surface area is 169 Å². The predicted octanol–water partition coefficient (Wildman–Crippen LogP) is 0.423. The zero-order valence-corrected chi connectivity index (χ0v) is 16.5. The van der Waals surface area contributed by atoms with Crippen molar-refractivity contribution in [3.63, 3.8) is 0 Å². The number of benzene rings is 1. The smallest absolute Gasteiger partial charge is 0.262 e. The van der Waals surface area contributed by atoms with Crippen LogP contribution in [-0.4, -0.2) is 54.2 Å². The van der Waals surface area contributed by atoms with Gasteiger partial charge in [-0.3, -0.25) is 29.4 Å². The van der Waals surface area contributed by atoms with E-state index < -0.39 is 23.8 Å². The van der Waals surface area contributed by atoms with E-state index in [0.717, 1.165) is 36.5 Å². The summed E-state index contributed by atoms with van der Waals surface area (Å²) in [5.41, 5.74) is 1.45. The molecule has 29 heavy (non-hydrogen) atoms. The summed E-state index contributed by atoms with van der Waals surface area (Å²) in [7, 11) is 0. The van der Waals surface area contributed by atoms with Crippen LogP contribution < -0.4 is 16.0 Å². The van der Waals surface area contributed by atoms with Gasteiger partial charge in [0.05, 0.1) is 11.1 Å². The maximum absolute atomic E-state index is 13.1. The number of imide groups is 2. The third-order valence-electron chi connectivity index (χ3n) is 6.26. The highest BCUT2D eigenvalue weighted by molar-refractivity contribution is 6.24. The van der Waals surface area contributed by atoms with Crippen molar-refractivity contribution in [3.05, 3.63) is 34.9 Å². The minimum absolute atomic E-state index is 0.117. The van der Waals surface area contributed by atoms with Gasteiger partial charge in [-0.05, 0) is 55.9 Å². The summed E-state index contributed by atoms with van der Waals surface area (Å²) < 4.78 is 0. The van der Waals surface area contributed by atoms with Gasteiger partial charge in [0.15, 0.2) is 0 Å². The van der Waals surface area contributed by atoms with Crippen LogP contribution in [0.1, 0.15) is 52.5 Å². The van der Waals surface area contributed by atoms with Gasteiger partial charge in [-0.15, -0.1) is 0 Å². The van der Waals surface area contributed by atoms with E-state index in [2.05, 4.69) is 22.9 Å². The van der Waals surface area contributed by atoms with Crippen LogP contribution in [-0.2, 0) is 16.1 Å². The Kier molecular flexibility index (Phi) is 5.47. The molecule has 3 unspecified atom stereocenters. The maximum atomic E-state index is 13.1. The van der Waals surface area contributed by atoms with Crippen LogP contribution in [0.5, 0.6) is 0 Å². The van der Waals surface area contributed by atoms with E-state index in [4.69, 9.17) is 0 Å². The first-order chi connectivity index (χ1) is 14.0. The average molecular weight is 398 g/mol. The van der Waals surface area contributed by atoms with Crippen molar-refractivity contribution in [1.82, 2.24) is 20.9 Å². The van der Waals surface area contributed by atoms with Gasteiger partial charge < -0.3 is 10.6 Å². The minimum atomic E-state index is -0.935. The van der Waals surface area contributed by atoms with Crippen molar-refractivity contribution in [1.29, 1.82) is 0 Å². The molecular formula is C21H26N4O4. The molecule has 8 heteroatoms. The van der Waals surface area contributed by atoms with Crippen LogP contribution in [0.2, 0.25) is 0 Å². The molecule has 2 fully saturated rings. The van der Waals surface area contributed by atoms with E-state index in [1.165, 1.54) is 0 Å². The first-order valence-electron chi connectivity index (χ1n) is 10.2. The second-order valence-corrected chi connectivity index (χ2v) is 8.15. The van der Waals surface area contributed by atoms with Crippen LogP contribution in [0, 0.1) is 11.8 Å². The Morgan fingerprint density at radius 1 is 1.14 bits per heavy atom. The van der Waals surface area contributed by atoms with Crippen LogP contribution >= 0.6 is 0 Å². The lowest BCUT2D eigenvalue weighted by atomic mass is 9.88. The first kappa shape index (κ1) is 19.7. The van der Waals surface area contributed by atoms with E-state index >= 15 is 0 Å². The van der Waals surface area contributed by atoms with Crippen LogP contribution in [0.15, 0.2) is 18.2 Å². The highest BCUT2D eigenvalue weighted by atomic mass is 16.2. The molecule has 3 atom stereocenters. The molecule has 3 heterocycles. The second kappa shape index (κ2) is 8.04. The quantitative estimate of drug-likeness (QED) is 0.621. The van der Waals surface area contributed by atoms with Crippen LogP contribution in [0.4, 0.5) is 0 Å². The van der Waals surface area contributed by atoms with Gasteiger partial charge in [-0.25, -0.2) is 0 Å². The molecule has 0 bridgehead atoms. The lowest BCUT2D eigenvalue weighted by Gasteiger charge is -2.29. The molecule has 4 amide bonds. The number of fused-ring (bicyclic) bond motifs is 1. The molecular weight excluding hydrogens is 372 g/mol. The molecule has 1 aromatic rings. The Hall–Kier alpha value is -2.58. The summed E-state index contributed by atoms with van der Waals surface area (Å²) in [4.78, 5) is 50.6. The summed E-state index contributed by atoms with van der Waals surface area (Å²) in [6.45, 7) is 5.59. The Morgan fingerprint density at radius 3 is 2.72 bits per heavy atom. The van der Waals surface area contributed by atoms with Gasteiger partial charge in [-0.2, -0.15) is 0 Å². The highest BCUT2D eigenvalue weighted by Gasteiger charge is 2.45. The molecule has 0 aliphatic carbocycles. The zero-order chi connectivity index (χ0) is 20.5. The van der Waals surface area contributed by atoms with Crippen molar-refractivity contribution in [2.24, 2.45) is 11.8 Å². The zero-order valence-electron chi connectivity index (χ0n) is 16.5. The minimum Gasteiger partial charge on any atom is -0.316 e. The monoisotopic (exact) mass is 398 g/mol. The summed E-state index contributed by atoms with van der Waals surface area (Å²) >= 11 is 0. The number of carbonyl (C=O) groups is 4. The van der Waals surface area contributed by atoms with Crippen molar-refractivity contribution in [2.75, 3.05) is 19.6 Å². The molecule has 0 aromatic heterocycles. The maximum Gasteiger partial charge on any atom is 0.262 e. The van der Waals surface area contributed by atoms with Crippen LogP contribution in [0.25, 0.3) is 0 Å². The fourth-order valence-corrected chi connectivity index (χ4v) is 4.45. The standard InChI is InChI=1S/C21H26N4O4/c1-12-7-8-22-10-14(12)11-23-9-13-3-2-4-15-18(13)21(29)25(20(15)28)16-5-6-17(26)24-19(16)27/h2-4,12,14,16,22-23H,5-11H2,1H3,(H,24,26,27). The molecule has 3 aliphatic heterocycles. The van der Waals surface area contributed by atoms with E-state index in [1.54, 1.807) is 12.1 Å². The third kappa shape index (κ3) is 3.70. The SMILES string of the molecule is CC1CCNCC1CNCc1cccc2c1C(=O)N(C1CCC(=O)NC1=O)C2=O. The van der Waals surface area contributed by atoms with Crippen molar-refractivity contribution >= 4 is 23.6 Å². The molecule has 3 N–H and O–H groups in total. The van der Waals surface area contributed by atoms with Gasteiger partial charge in [-0.1, -0.05) is 19.1 Å². The molecule has 2 saturated heterocycles. The van der Waals surface area contributed by atoms with Crippen molar-refractivity contribution in [2.45, 2.75) is 38.8 Å². The molecule has 0 saturated carbocycles. The number of amides is 4. The number of nitrogens with one attached hydrogen (secondary N) is 3. The van der Waals surface area contributed by atoms with Gasteiger partial charge in [0.25, 0.3) is 11.8 Å². The van der Waals surface area contributed by atoms with Gasteiger partial charge in [0, 0.05) is 13.0 Å². The van der Waals surface area contributed by atoms with Crippen molar-refractivity contribution in [3.8, 4) is 0 Å². The van der Waals surface area contributed by atoms with E-state index in [1.807, 2.05) is 6.07 Å². The Balaban J connectivity index is 1.49. The normalized spacial score (nSPS) is 27.2. The van der Waals surface area contributed by atoms with Gasteiger partial charge >= 0.3 is 0 Å². The fourth-order valence-electron chi connectivity index (χ4n) is 4.45. The molecule has 1 aromatic carbocycles.